The molecule has 0 bridgehead atoms. The first-order valence-electron chi connectivity index (χ1n) is 4.61. The van der Waals surface area contributed by atoms with Crippen LogP contribution in [0, 0.1) is 0 Å². The van der Waals surface area contributed by atoms with E-state index in [9.17, 15) is 4.79 Å². The summed E-state index contributed by atoms with van der Waals surface area (Å²) >= 11 is 0. The summed E-state index contributed by atoms with van der Waals surface area (Å²) in [5.41, 5.74) is 7.11. The molecule has 0 fully saturated rings. The fourth-order valence-electron chi connectivity index (χ4n) is 1.38. The summed E-state index contributed by atoms with van der Waals surface area (Å²) in [4.78, 5) is 10.5. The molecule has 0 saturated heterocycles. The van der Waals surface area contributed by atoms with Crippen LogP contribution in [0.25, 0.3) is 0 Å². The summed E-state index contributed by atoms with van der Waals surface area (Å²) in [6.45, 7) is 4.45. The van der Waals surface area contributed by atoms with Crippen LogP contribution in [0.5, 0.6) is 0 Å². The summed E-state index contributed by atoms with van der Waals surface area (Å²) in [6.07, 6.45) is -0.733. The van der Waals surface area contributed by atoms with Crippen molar-refractivity contribution >= 4 is 6.09 Å². The molecule has 0 spiro atoms. The van der Waals surface area contributed by atoms with Crippen LogP contribution in [-0.4, -0.2) is 6.09 Å². The summed E-state index contributed by atoms with van der Waals surface area (Å²) < 4.78 is 4.76. The van der Waals surface area contributed by atoms with Crippen molar-refractivity contribution in [2.75, 3.05) is 0 Å². The molecule has 2 N–H and O–H groups in total. The van der Waals surface area contributed by atoms with Crippen molar-refractivity contribution in [3.05, 3.63) is 35.4 Å². The Bertz CT molecular complexity index is 321. The molecule has 0 radical (unpaired) electrons. The molecule has 0 aromatic heterocycles. The molecule has 0 aliphatic rings. The summed E-state index contributed by atoms with van der Waals surface area (Å²) in [5, 5.41) is 0. The number of hydrogen-bond donors (Lipinski definition) is 1. The van der Waals surface area contributed by atoms with Crippen molar-refractivity contribution < 1.29 is 9.53 Å². The third kappa shape index (κ3) is 2.76. The van der Waals surface area contributed by atoms with Crippen molar-refractivity contribution in [1.29, 1.82) is 0 Å². The van der Waals surface area contributed by atoms with Crippen LogP contribution >= 0.6 is 0 Å². The maximum absolute atomic E-state index is 10.5. The lowest BCUT2D eigenvalue weighted by Gasteiger charge is -2.11. The summed E-state index contributed by atoms with van der Waals surface area (Å²) in [5.74, 6) is 0.419. The number of ether oxygens (including phenoxy) is 1. The van der Waals surface area contributed by atoms with E-state index in [1.54, 1.807) is 0 Å². The zero-order valence-electron chi connectivity index (χ0n) is 8.49. The van der Waals surface area contributed by atoms with E-state index in [4.69, 9.17) is 10.5 Å². The number of nitrogens with two attached hydrogens (primary N) is 1. The maximum Gasteiger partial charge on any atom is 0.404 e. The van der Waals surface area contributed by atoms with E-state index >= 15 is 0 Å². The third-order valence-electron chi connectivity index (χ3n) is 2.05. The molecule has 3 heteroatoms. The highest BCUT2D eigenvalue weighted by Crippen LogP contribution is 2.19. The Balaban J connectivity index is 2.79. The normalized spacial score (nSPS) is 10.2. The molecule has 0 heterocycles. The second-order valence-electron chi connectivity index (χ2n) is 3.46. The highest BCUT2D eigenvalue weighted by molar-refractivity contribution is 5.64. The number of primary amides is 1. The van der Waals surface area contributed by atoms with Gasteiger partial charge in [0.05, 0.1) is 0 Å². The maximum atomic E-state index is 10.5. The molecule has 1 rings (SSSR count). The number of carbonyl (C=O) groups is 1. The molecule has 0 unspecified atom stereocenters. The Morgan fingerprint density at radius 2 is 2.07 bits per heavy atom. The molecular formula is C11H15NO2. The van der Waals surface area contributed by atoms with Gasteiger partial charge in [-0.15, -0.1) is 0 Å². The van der Waals surface area contributed by atoms with E-state index in [0.717, 1.165) is 5.56 Å². The van der Waals surface area contributed by atoms with Crippen LogP contribution < -0.4 is 5.73 Å². The highest BCUT2D eigenvalue weighted by atomic mass is 16.5. The fourth-order valence-corrected chi connectivity index (χ4v) is 1.38. The zero-order chi connectivity index (χ0) is 10.6. The van der Waals surface area contributed by atoms with E-state index in [1.165, 1.54) is 5.56 Å². The van der Waals surface area contributed by atoms with Crippen LogP contribution in [0.15, 0.2) is 24.3 Å². The summed E-state index contributed by atoms with van der Waals surface area (Å²) in [7, 11) is 0. The largest absolute Gasteiger partial charge is 0.445 e. The number of benzene rings is 1. The molecule has 3 nitrogen and oxygen atoms in total. The lowest BCUT2D eigenvalue weighted by atomic mass is 9.98. The minimum Gasteiger partial charge on any atom is -0.445 e. The van der Waals surface area contributed by atoms with Gasteiger partial charge in [0.1, 0.15) is 6.61 Å². The smallest absolute Gasteiger partial charge is 0.404 e. The number of hydrogen-bond acceptors (Lipinski definition) is 2. The van der Waals surface area contributed by atoms with Crippen LogP contribution in [0.2, 0.25) is 0 Å². The van der Waals surface area contributed by atoms with Gasteiger partial charge in [-0.3, -0.25) is 0 Å². The van der Waals surface area contributed by atoms with Gasteiger partial charge in [-0.1, -0.05) is 38.1 Å². The Hall–Kier alpha value is -1.51. The monoisotopic (exact) mass is 193 g/mol. The molecular weight excluding hydrogens is 178 g/mol. The van der Waals surface area contributed by atoms with E-state index in [0.29, 0.717) is 5.92 Å². The minimum absolute atomic E-state index is 0.254. The first-order chi connectivity index (χ1) is 6.61. The van der Waals surface area contributed by atoms with Crippen LogP contribution in [0.4, 0.5) is 4.79 Å². The molecule has 1 amide bonds. The fraction of sp³-hybridized carbons (Fsp3) is 0.364. The third-order valence-corrected chi connectivity index (χ3v) is 2.05. The lowest BCUT2D eigenvalue weighted by Crippen LogP contribution is -2.13. The van der Waals surface area contributed by atoms with Gasteiger partial charge in [0.2, 0.25) is 0 Å². The van der Waals surface area contributed by atoms with Crippen molar-refractivity contribution in [2.24, 2.45) is 5.73 Å². The molecule has 1 aromatic carbocycles. The van der Waals surface area contributed by atoms with Crippen LogP contribution in [-0.2, 0) is 11.3 Å². The van der Waals surface area contributed by atoms with Gasteiger partial charge < -0.3 is 10.5 Å². The number of carbonyl (C=O) groups excluding carboxylic acids is 1. The second-order valence-corrected chi connectivity index (χ2v) is 3.46. The predicted molar refractivity (Wildman–Crippen MR) is 54.9 cm³/mol. The van der Waals surface area contributed by atoms with Crippen molar-refractivity contribution in [3.8, 4) is 0 Å². The lowest BCUT2D eigenvalue weighted by molar-refractivity contribution is 0.150. The van der Waals surface area contributed by atoms with E-state index in [1.807, 2.05) is 24.3 Å². The predicted octanol–water partition coefficient (Wildman–Crippen LogP) is 2.41. The first-order valence-corrected chi connectivity index (χ1v) is 4.61. The minimum atomic E-state index is -0.733. The number of amides is 1. The van der Waals surface area contributed by atoms with Gasteiger partial charge in [0, 0.05) is 0 Å². The Morgan fingerprint density at radius 3 is 2.64 bits per heavy atom. The first kappa shape index (κ1) is 10.6. The Labute approximate surface area is 83.9 Å². The Morgan fingerprint density at radius 1 is 1.43 bits per heavy atom. The van der Waals surface area contributed by atoms with E-state index in [2.05, 4.69) is 13.8 Å². The average molecular weight is 193 g/mol. The van der Waals surface area contributed by atoms with Gasteiger partial charge in [-0.2, -0.15) is 0 Å². The second kappa shape index (κ2) is 4.65. The molecule has 1 aromatic rings. The Kier molecular flexibility index (Phi) is 3.51. The SMILES string of the molecule is CC(C)c1ccccc1COC(N)=O. The van der Waals surface area contributed by atoms with Gasteiger partial charge >= 0.3 is 6.09 Å². The van der Waals surface area contributed by atoms with Crippen molar-refractivity contribution in [3.63, 3.8) is 0 Å². The topological polar surface area (TPSA) is 52.3 Å². The molecule has 0 atom stereocenters. The number of rotatable bonds is 3. The van der Waals surface area contributed by atoms with Gasteiger partial charge in [-0.25, -0.2) is 4.79 Å². The van der Waals surface area contributed by atoms with E-state index < -0.39 is 6.09 Å². The average Bonchev–Trinajstić information content (AvgIpc) is 2.15. The van der Waals surface area contributed by atoms with Crippen LogP contribution in [0.1, 0.15) is 30.9 Å². The molecule has 0 saturated carbocycles. The molecule has 76 valence electrons. The van der Waals surface area contributed by atoms with Gasteiger partial charge in [0.25, 0.3) is 0 Å². The van der Waals surface area contributed by atoms with Crippen LogP contribution in [0.3, 0.4) is 0 Å². The summed E-state index contributed by atoms with van der Waals surface area (Å²) in [6, 6.07) is 7.87. The quantitative estimate of drug-likeness (QED) is 0.801. The molecule has 0 aliphatic heterocycles. The van der Waals surface area contributed by atoms with Crippen molar-refractivity contribution in [1.82, 2.24) is 0 Å². The van der Waals surface area contributed by atoms with Crippen molar-refractivity contribution in [2.45, 2.75) is 26.4 Å². The molecule has 14 heavy (non-hydrogen) atoms. The standard InChI is InChI=1S/C11H15NO2/c1-8(2)10-6-4-3-5-9(10)7-14-11(12)13/h3-6,8H,7H2,1-2H3,(H2,12,13). The van der Waals surface area contributed by atoms with Gasteiger partial charge in [-0.05, 0) is 17.0 Å². The van der Waals surface area contributed by atoms with E-state index in [-0.39, 0.29) is 6.61 Å². The highest BCUT2D eigenvalue weighted by Gasteiger charge is 2.06. The molecule has 0 aliphatic carbocycles. The van der Waals surface area contributed by atoms with Gasteiger partial charge in [0.15, 0.2) is 0 Å². The zero-order valence-corrected chi connectivity index (χ0v) is 8.49.